The normalized spacial score (nSPS) is 16.3. The van der Waals surface area contributed by atoms with Gasteiger partial charge in [-0.25, -0.2) is 4.79 Å². The van der Waals surface area contributed by atoms with Crippen molar-refractivity contribution in [3.63, 3.8) is 0 Å². The Morgan fingerprint density at radius 1 is 1.33 bits per heavy atom. The first-order valence-electron chi connectivity index (χ1n) is 8.78. The zero-order chi connectivity index (χ0) is 19.6. The highest BCUT2D eigenvalue weighted by Crippen LogP contribution is 2.41. The zero-order valence-electron chi connectivity index (χ0n) is 15.5. The van der Waals surface area contributed by atoms with Crippen molar-refractivity contribution in [3.8, 4) is 0 Å². The molecule has 1 N–H and O–H groups in total. The largest absolute Gasteiger partial charge is 0.462 e. The second-order valence-electron chi connectivity index (χ2n) is 6.92. The molecule has 0 saturated heterocycles. The van der Waals surface area contributed by atoms with Crippen LogP contribution in [0, 0.1) is 0 Å². The molecule has 27 heavy (non-hydrogen) atoms. The summed E-state index contributed by atoms with van der Waals surface area (Å²) in [5.41, 5.74) is 1.85. The molecule has 0 fully saturated rings. The van der Waals surface area contributed by atoms with Crippen molar-refractivity contribution in [3.05, 3.63) is 51.9 Å². The van der Waals surface area contributed by atoms with E-state index in [1.165, 1.54) is 11.3 Å². The molecule has 0 radical (unpaired) electrons. The van der Waals surface area contributed by atoms with Crippen LogP contribution in [0.4, 0.5) is 5.00 Å². The first kappa shape index (κ1) is 20.0. The van der Waals surface area contributed by atoms with Gasteiger partial charge in [0, 0.05) is 11.3 Å². The van der Waals surface area contributed by atoms with Crippen molar-refractivity contribution in [2.75, 3.05) is 11.9 Å². The number of nitrogens with one attached hydrogen (secondary N) is 1. The van der Waals surface area contributed by atoms with Gasteiger partial charge in [-0.3, -0.25) is 4.79 Å². The average Bonchev–Trinajstić information content (AvgIpc) is 2.97. The molecule has 0 saturated carbocycles. The molecule has 1 aromatic carbocycles. The molecule has 0 unspecified atom stereocenters. The summed E-state index contributed by atoms with van der Waals surface area (Å²) in [5, 5.41) is 3.43. The number of alkyl halides is 1. The molecule has 1 aliphatic heterocycles. The van der Waals surface area contributed by atoms with Crippen molar-refractivity contribution in [2.24, 2.45) is 0 Å². The Labute approximate surface area is 171 Å². The standard InChI is InChI=1S/C20H22BrNO4S/c1-4-25-19(24)15-13-10-20(2,3)26-11-14(13)27-18(15)22-17(23)16(21)12-8-6-5-7-9-12/h5-9,16H,4,10-11H2,1-3H3,(H,22,23)/t16-/m0/s1. The minimum atomic E-state index is -0.513. The van der Waals surface area contributed by atoms with Crippen LogP contribution in [-0.4, -0.2) is 24.1 Å². The van der Waals surface area contributed by atoms with Gasteiger partial charge in [0.05, 0.1) is 24.4 Å². The second-order valence-corrected chi connectivity index (χ2v) is 8.94. The van der Waals surface area contributed by atoms with Crippen LogP contribution in [0.2, 0.25) is 0 Å². The van der Waals surface area contributed by atoms with Gasteiger partial charge in [-0.05, 0) is 31.9 Å². The lowest BCUT2D eigenvalue weighted by atomic mass is 9.93. The summed E-state index contributed by atoms with van der Waals surface area (Å²) >= 11 is 4.82. The molecular weight excluding hydrogens is 430 g/mol. The van der Waals surface area contributed by atoms with Gasteiger partial charge in [-0.2, -0.15) is 0 Å². The van der Waals surface area contributed by atoms with E-state index in [2.05, 4.69) is 21.2 Å². The molecular formula is C20H22BrNO4S. The van der Waals surface area contributed by atoms with Crippen LogP contribution in [0.3, 0.4) is 0 Å². The molecule has 144 valence electrons. The van der Waals surface area contributed by atoms with Crippen molar-refractivity contribution in [1.29, 1.82) is 0 Å². The molecule has 1 amide bonds. The van der Waals surface area contributed by atoms with Crippen LogP contribution in [-0.2, 0) is 27.3 Å². The van der Waals surface area contributed by atoms with Crippen molar-refractivity contribution >= 4 is 44.1 Å². The number of hydrogen-bond acceptors (Lipinski definition) is 5. The number of ether oxygens (including phenoxy) is 2. The molecule has 1 atom stereocenters. The fourth-order valence-electron chi connectivity index (χ4n) is 3.01. The number of thiophene rings is 1. The van der Waals surface area contributed by atoms with Crippen LogP contribution in [0.25, 0.3) is 0 Å². The Bertz CT molecular complexity index is 847. The lowest BCUT2D eigenvalue weighted by molar-refractivity contribution is -0.115. The Kier molecular flexibility index (Phi) is 6.03. The number of anilines is 1. The molecule has 0 bridgehead atoms. The number of halogens is 1. The number of esters is 1. The van der Waals surface area contributed by atoms with Crippen molar-refractivity contribution in [2.45, 2.75) is 44.2 Å². The van der Waals surface area contributed by atoms with E-state index in [9.17, 15) is 9.59 Å². The SMILES string of the molecule is CCOC(=O)c1c(NC(=O)[C@@H](Br)c2ccccc2)sc2c1CC(C)(C)OC2. The molecule has 5 nitrogen and oxygen atoms in total. The maximum Gasteiger partial charge on any atom is 0.341 e. The Balaban J connectivity index is 1.92. The Morgan fingerprint density at radius 2 is 2.04 bits per heavy atom. The fourth-order valence-corrected chi connectivity index (χ4v) is 4.55. The summed E-state index contributed by atoms with van der Waals surface area (Å²) in [6, 6.07) is 9.41. The van der Waals surface area contributed by atoms with Gasteiger partial charge in [0.2, 0.25) is 5.91 Å². The van der Waals surface area contributed by atoms with E-state index in [0.29, 0.717) is 23.6 Å². The maximum absolute atomic E-state index is 12.8. The summed E-state index contributed by atoms with van der Waals surface area (Å²) < 4.78 is 11.1. The third kappa shape index (κ3) is 4.42. The summed E-state index contributed by atoms with van der Waals surface area (Å²) in [7, 11) is 0. The molecule has 2 heterocycles. The number of benzene rings is 1. The third-order valence-electron chi connectivity index (χ3n) is 4.33. The number of amides is 1. The minimum absolute atomic E-state index is 0.231. The Hall–Kier alpha value is -1.70. The molecule has 0 aliphatic carbocycles. The zero-order valence-corrected chi connectivity index (χ0v) is 17.9. The van der Waals surface area contributed by atoms with Gasteiger partial charge in [-0.15, -0.1) is 11.3 Å². The first-order chi connectivity index (χ1) is 12.8. The predicted octanol–water partition coefficient (Wildman–Crippen LogP) is 4.85. The molecule has 0 spiro atoms. The van der Waals surface area contributed by atoms with Gasteiger partial charge in [0.1, 0.15) is 9.83 Å². The van der Waals surface area contributed by atoms with E-state index < -0.39 is 10.8 Å². The Morgan fingerprint density at radius 3 is 2.70 bits per heavy atom. The highest BCUT2D eigenvalue weighted by Gasteiger charge is 2.34. The predicted molar refractivity (Wildman–Crippen MR) is 110 cm³/mol. The maximum atomic E-state index is 12.8. The topological polar surface area (TPSA) is 64.6 Å². The molecule has 1 aliphatic rings. The first-order valence-corrected chi connectivity index (χ1v) is 10.5. The van der Waals surface area contributed by atoms with Gasteiger partial charge in [-0.1, -0.05) is 46.3 Å². The van der Waals surface area contributed by atoms with E-state index in [1.807, 2.05) is 44.2 Å². The summed E-state index contributed by atoms with van der Waals surface area (Å²) in [4.78, 5) is 25.8. The second kappa shape index (κ2) is 8.12. The van der Waals surface area contributed by atoms with E-state index in [1.54, 1.807) is 6.92 Å². The molecule has 3 rings (SSSR count). The van der Waals surface area contributed by atoms with Gasteiger partial charge in [0.15, 0.2) is 0 Å². The van der Waals surface area contributed by atoms with Gasteiger partial charge < -0.3 is 14.8 Å². The highest BCUT2D eigenvalue weighted by molar-refractivity contribution is 9.09. The lowest BCUT2D eigenvalue weighted by Crippen LogP contribution is -2.32. The van der Waals surface area contributed by atoms with Gasteiger partial charge in [0.25, 0.3) is 0 Å². The van der Waals surface area contributed by atoms with Crippen LogP contribution in [0.15, 0.2) is 30.3 Å². The number of carbonyl (C=O) groups is 2. The summed E-state index contributed by atoms with van der Waals surface area (Å²) in [5.74, 6) is -0.639. The third-order valence-corrected chi connectivity index (χ3v) is 6.39. The number of rotatable bonds is 5. The van der Waals surface area contributed by atoms with E-state index >= 15 is 0 Å². The lowest BCUT2D eigenvalue weighted by Gasteiger charge is -2.30. The number of fused-ring (bicyclic) bond motifs is 1. The van der Waals surface area contributed by atoms with E-state index in [-0.39, 0.29) is 18.1 Å². The van der Waals surface area contributed by atoms with Crippen molar-refractivity contribution in [1.82, 2.24) is 0 Å². The van der Waals surface area contributed by atoms with Crippen molar-refractivity contribution < 1.29 is 19.1 Å². The summed E-state index contributed by atoms with van der Waals surface area (Å²) in [6.07, 6.45) is 0.597. The van der Waals surface area contributed by atoms with Crippen LogP contribution in [0.5, 0.6) is 0 Å². The minimum Gasteiger partial charge on any atom is -0.462 e. The number of carbonyl (C=O) groups excluding carboxylic acids is 2. The van der Waals surface area contributed by atoms with Crippen LogP contribution in [0.1, 0.15) is 52.0 Å². The van der Waals surface area contributed by atoms with Gasteiger partial charge >= 0.3 is 5.97 Å². The molecule has 1 aromatic heterocycles. The van der Waals surface area contributed by atoms with Crippen LogP contribution >= 0.6 is 27.3 Å². The smallest absolute Gasteiger partial charge is 0.341 e. The van der Waals surface area contributed by atoms with E-state index in [0.717, 1.165) is 16.0 Å². The fraction of sp³-hybridized carbons (Fsp3) is 0.400. The van der Waals surface area contributed by atoms with E-state index in [4.69, 9.17) is 9.47 Å². The molecule has 2 aromatic rings. The number of hydrogen-bond donors (Lipinski definition) is 1. The molecule has 7 heteroatoms. The summed E-state index contributed by atoms with van der Waals surface area (Å²) in [6.45, 7) is 6.45. The average molecular weight is 452 g/mol. The highest BCUT2D eigenvalue weighted by atomic mass is 79.9. The van der Waals surface area contributed by atoms with Crippen LogP contribution < -0.4 is 5.32 Å². The monoisotopic (exact) mass is 451 g/mol. The quantitative estimate of drug-likeness (QED) is 0.521.